The molecule has 2 aromatic rings. The first-order valence-corrected chi connectivity index (χ1v) is 13.4. The summed E-state index contributed by atoms with van der Waals surface area (Å²) in [6.07, 6.45) is 3.98. The first-order valence-electron chi connectivity index (χ1n) is 11.8. The fourth-order valence-electron chi connectivity index (χ4n) is 4.87. The van der Waals surface area contributed by atoms with Gasteiger partial charge in [0, 0.05) is 12.6 Å². The summed E-state index contributed by atoms with van der Waals surface area (Å²) in [6.45, 7) is 8.15. The predicted octanol–water partition coefficient (Wildman–Crippen LogP) is 4.12. The molecule has 9 nitrogen and oxygen atoms in total. The topological polar surface area (TPSA) is 109 Å². The largest absolute Gasteiger partial charge is 0.472 e. The van der Waals surface area contributed by atoms with E-state index in [1.165, 1.54) is 11.8 Å². The molecule has 2 saturated heterocycles. The lowest BCUT2D eigenvalue weighted by Crippen LogP contribution is -2.64. The fraction of sp³-hybridized carbons (Fsp3) is 0.652. The number of halogens is 2. The minimum Gasteiger partial charge on any atom is -0.472 e. The summed E-state index contributed by atoms with van der Waals surface area (Å²) >= 11 is 7.25. The van der Waals surface area contributed by atoms with Gasteiger partial charge in [-0.3, -0.25) is 9.69 Å². The second kappa shape index (κ2) is 10.1. The van der Waals surface area contributed by atoms with Gasteiger partial charge in [0.25, 0.3) is 5.56 Å². The highest BCUT2D eigenvalue weighted by Crippen LogP contribution is 2.35. The molecule has 192 valence electrons. The molecule has 4 heterocycles. The molecule has 2 fully saturated rings. The third-order valence-corrected chi connectivity index (χ3v) is 7.12. The van der Waals surface area contributed by atoms with Crippen molar-refractivity contribution in [2.45, 2.75) is 88.4 Å². The van der Waals surface area contributed by atoms with Gasteiger partial charge in [0.2, 0.25) is 5.88 Å². The zero-order chi connectivity index (χ0) is 25.5. The number of nitrogens with zero attached hydrogens (tertiary/aromatic N) is 3. The highest BCUT2D eigenvalue weighted by molar-refractivity contribution is 7.98. The second-order valence-corrected chi connectivity index (χ2v) is 11.0. The van der Waals surface area contributed by atoms with Gasteiger partial charge in [-0.25, -0.2) is 14.2 Å². The third-order valence-electron chi connectivity index (χ3n) is 6.28. The van der Waals surface area contributed by atoms with E-state index >= 15 is 0 Å². The molecule has 2 N–H and O–H groups in total. The number of carbonyl (C=O) groups is 1. The molecule has 0 spiro atoms. The molecule has 4 rings (SSSR count). The Morgan fingerprint density at radius 2 is 2.09 bits per heavy atom. The standard InChI is InChI=1S/C23H31ClFN5O4S/c1-6-7-13(16-12-9-8-11(10-26-16)30(12)22(32)34-23(2,3)4)33-20-14-17(15(25)18(24)28-20)27-21(35-5)29-19(14)31/h11-13,16,26H,6-10H2,1-5H3,(H,27,29,31)/t11-,12+,13+,16+/m1/s1. The molecule has 0 saturated carbocycles. The SMILES string of the molecule is CCC[C@H](Oc1nc(Cl)c(F)c2nc(SC)[nH]c(=O)c12)[C@H]1NC[C@H]2CC[C@@H]1N2C(=O)OC(C)(C)C. The molecule has 0 aliphatic carbocycles. The maximum Gasteiger partial charge on any atom is 0.410 e. The van der Waals surface area contributed by atoms with Gasteiger partial charge in [-0.1, -0.05) is 36.7 Å². The number of fused-ring (bicyclic) bond motifs is 3. The molecule has 2 aliphatic heterocycles. The Labute approximate surface area is 212 Å². The zero-order valence-corrected chi connectivity index (χ0v) is 22.1. The van der Waals surface area contributed by atoms with Crippen LogP contribution < -0.4 is 15.6 Å². The van der Waals surface area contributed by atoms with Gasteiger partial charge in [0.15, 0.2) is 16.1 Å². The maximum atomic E-state index is 14.8. The molecule has 0 aromatic carbocycles. The molecule has 35 heavy (non-hydrogen) atoms. The molecule has 0 radical (unpaired) electrons. The van der Waals surface area contributed by atoms with Crippen molar-refractivity contribution in [3.63, 3.8) is 0 Å². The van der Waals surface area contributed by atoms with E-state index in [0.717, 1.165) is 19.3 Å². The van der Waals surface area contributed by atoms with E-state index < -0.39 is 28.2 Å². The summed E-state index contributed by atoms with van der Waals surface area (Å²) in [5.41, 5.74) is -1.34. The minimum absolute atomic E-state index is 0.0459. The zero-order valence-electron chi connectivity index (χ0n) is 20.5. The number of aromatic amines is 1. The molecule has 2 aliphatic rings. The van der Waals surface area contributed by atoms with Gasteiger partial charge in [-0.2, -0.15) is 4.98 Å². The molecular formula is C23H31ClFN5O4S. The lowest BCUT2D eigenvalue weighted by atomic mass is 9.96. The van der Waals surface area contributed by atoms with Gasteiger partial charge in [0.1, 0.15) is 22.6 Å². The maximum absolute atomic E-state index is 14.8. The smallest absolute Gasteiger partial charge is 0.410 e. The Morgan fingerprint density at radius 1 is 1.34 bits per heavy atom. The van der Waals surface area contributed by atoms with Crippen LogP contribution in [-0.2, 0) is 4.74 Å². The van der Waals surface area contributed by atoms with E-state index in [9.17, 15) is 14.0 Å². The van der Waals surface area contributed by atoms with Crippen LogP contribution in [0.5, 0.6) is 5.88 Å². The summed E-state index contributed by atoms with van der Waals surface area (Å²) in [4.78, 5) is 38.6. The van der Waals surface area contributed by atoms with Gasteiger partial charge < -0.3 is 19.8 Å². The van der Waals surface area contributed by atoms with Gasteiger partial charge >= 0.3 is 6.09 Å². The lowest BCUT2D eigenvalue weighted by Gasteiger charge is -2.43. The molecule has 0 unspecified atom stereocenters. The monoisotopic (exact) mass is 527 g/mol. The van der Waals surface area contributed by atoms with Gasteiger partial charge in [-0.05, 0) is 46.3 Å². The number of rotatable bonds is 6. The second-order valence-electron chi connectivity index (χ2n) is 9.89. The summed E-state index contributed by atoms with van der Waals surface area (Å²) in [6, 6.07) is -0.342. The number of amides is 1. The van der Waals surface area contributed by atoms with E-state index in [-0.39, 0.29) is 46.2 Å². The van der Waals surface area contributed by atoms with Crippen molar-refractivity contribution in [3.05, 3.63) is 21.3 Å². The minimum atomic E-state index is -0.868. The fourth-order valence-corrected chi connectivity index (χ4v) is 5.42. The Balaban J connectivity index is 1.69. The van der Waals surface area contributed by atoms with Crippen LogP contribution in [0.2, 0.25) is 5.15 Å². The van der Waals surface area contributed by atoms with Crippen molar-refractivity contribution in [1.29, 1.82) is 0 Å². The van der Waals surface area contributed by atoms with E-state index in [2.05, 4.69) is 20.3 Å². The van der Waals surface area contributed by atoms with Crippen LogP contribution in [0.1, 0.15) is 53.4 Å². The summed E-state index contributed by atoms with van der Waals surface area (Å²) in [5, 5.41) is 3.29. The lowest BCUT2D eigenvalue weighted by molar-refractivity contribution is -0.00749. The van der Waals surface area contributed by atoms with E-state index in [1.807, 2.05) is 32.6 Å². The van der Waals surface area contributed by atoms with Crippen molar-refractivity contribution in [2.75, 3.05) is 12.8 Å². The average Bonchev–Trinajstić information content (AvgIpc) is 3.08. The number of nitrogens with one attached hydrogen (secondary N) is 2. The number of hydrogen-bond acceptors (Lipinski definition) is 8. The van der Waals surface area contributed by atoms with E-state index in [1.54, 1.807) is 6.26 Å². The Kier molecular flexibility index (Phi) is 7.49. The van der Waals surface area contributed by atoms with Gasteiger partial charge in [0.05, 0.1) is 12.1 Å². The highest BCUT2D eigenvalue weighted by atomic mass is 35.5. The summed E-state index contributed by atoms with van der Waals surface area (Å²) in [7, 11) is 0. The van der Waals surface area contributed by atoms with Crippen LogP contribution in [0.25, 0.3) is 10.9 Å². The molecule has 12 heteroatoms. The van der Waals surface area contributed by atoms with E-state index in [0.29, 0.717) is 13.0 Å². The first-order chi connectivity index (χ1) is 16.5. The van der Waals surface area contributed by atoms with Crippen molar-refractivity contribution in [2.24, 2.45) is 0 Å². The van der Waals surface area contributed by atoms with Crippen LogP contribution in [0, 0.1) is 5.82 Å². The average molecular weight is 528 g/mol. The van der Waals surface area contributed by atoms with Crippen molar-refractivity contribution < 1.29 is 18.7 Å². The number of carbonyl (C=O) groups excluding carboxylic acids is 1. The first kappa shape index (κ1) is 26.0. The number of H-pyrrole nitrogens is 1. The number of piperazine rings is 1. The van der Waals surface area contributed by atoms with Crippen LogP contribution in [0.15, 0.2) is 9.95 Å². The molecular weight excluding hydrogens is 497 g/mol. The third kappa shape index (κ3) is 5.22. The molecule has 2 bridgehead atoms. The Morgan fingerprint density at radius 3 is 2.74 bits per heavy atom. The summed E-state index contributed by atoms with van der Waals surface area (Å²) < 4.78 is 26.8. The highest BCUT2D eigenvalue weighted by Gasteiger charge is 2.49. The Bertz CT molecular complexity index is 1170. The number of aromatic nitrogens is 3. The number of thioether (sulfide) groups is 1. The summed E-state index contributed by atoms with van der Waals surface area (Å²) in [5.74, 6) is -0.940. The normalized spacial score (nSPS) is 22.9. The quantitative estimate of drug-likeness (QED) is 0.328. The predicted molar refractivity (Wildman–Crippen MR) is 133 cm³/mol. The van der Waals surface area contributed by atoms with Crippen LogP contribution >= 0.6 is 23.4 Å². The van der Waals surface area contributed by atoms with Crippen LogP contribution in [-0.4, -0.2) is 68.6 Å². The van der Waals surface area contributed by atoms with Gasteiger partial charge in [-0.15, -0.1) is 0 Å². The van der Waals surface area contributed by atoms with Crippen LogP contribution in [0.3, 0.4) is 0 Å². The van der Waals surface area contributed by atoms with Crippen molar-refractivity contribution >= 4 is 40.4 Å². The molecule has 2 aromatic heterocycles. The number of hydrogen-bond donors (Lipinski definition) is 2. The van der Waals surface area contributed by atoms with Crippen molar-refractivity contribution in [3.8, 4) is 5.88 Å². The number of ether oxygens (including phenoxy) is 2. The molecule has 4 atom stereocenters. The Hall–Kier alpha value is -2.11. The molecule has 1 amide bonds. The van der Waals surface area contributed by atoms with Crippen LogP contribution in [0.4, 0.5) is 9.18 Å². The van der Waals surface area contributed by atoms with E-state index in [4.69, 9.17) is 21.1 Å². The number of pyridine rings is 1. The van der Waals surface area contributed by atoms with Crippen molar-refractivity contribution in [1.82, 2.24) is 25.2 Å².